The van der Waals surface area contributed by atoms with Gasteiger partial charge in [-0.1, -0.05) is 23.9 Å². The third-order valence-corrected chi connectivity index (χ3v) is 4.38. The minimum Gasteiger partial charge on any atom is -0.497 e. The highest BCUT2D eigenvalue weighted by atomic mass is 32.2. The van der Waals surface area contributed by atoms with Crippen molar-refractivity contribution in [1.29, 1.82) is 0 Å². The van der Waals surface area contributed by atoms with Crippen molar-refractivity contribution >= 4 is 29.1 Å². The number of nitrogens with one attached hydrogen (secondary N) is 1. The lowest BCUT2D eigenvalue weighted by Gasteiger charge is -2.10. The van der Waals surface area contributed by atoms with Crippen LogP contribution in [0.2, 0.25) is 0 Å². The quantitative estimate of drug-likeness (QED) is 0.492. The number of hydrogen-bond donors (Lipinski definition) is 1. The van der Waals surface area contributed by atoms with Crippen LogP contribution in [-0.2, 0) is 4.79 Å². The van der Waals surface area contributed by atoms with Crippen molar-refractivity contribution in [3.63, 3.8) is 0 Å². The molecule has 0 bridgehead atoms. The Morgan fingerprint density at radius 1 is 1.08 bits per heavy atom. The molecule has 0 unspecified atom stereocenters. The van der Waals surface area contributed by atoms with Crippen molar-refractivity contribution < 1.29 is 23.1 Å². The number of halogens is 2. The average Bonchev–Trinajstić information content (AvgIpc) is 2.63. The number of ketones is 1. The number of para-hydroxylation sites is 1. The van der Waals surface area contributed by atoms with Crippen molar-refractivity contribution in [2.24, 2.45) is 0 Å². The van der Waals surface area contributed by atoms with E-state index in [0.29, 0.717) is 40.1 Å². The summed E-state index contributed by atoms with van der Waals surface area (Å²) < 4.78 is 30.1. The minimum absolute atomic E-state index is 0.0610. The fourth-order valence-electron chi connectivity index (χ4n) is 2.31. The van der Waals surface area contributed by atoms with Crippen molar-refractivity contribution in [3.05, 3.63) is 54.1 Å². The molecular weight excluding hydrogens is 360 g/mol. The summed E-state index contributed by atoms with van der Waals surface area (Å²) in [6.45, 7) is 0. The van der Waals surface area contributed by atoms with Gasteiger partial charge in [0.05, 0.1) is 12.8 Å². The van der Waals surface area contributed by atoms with Crippen molar-refractivity contribution in [1.82, 2.24) is 0 Å². The molecule has 0 radical (unpaired) electrons. The molecule has 0 fully saturated rings. The topological polar surface area (TPSA) is 55.4 Å². The Hall–Kier alpha value is -2.41. The zero-order valence-electron chi connectivity index (χ0n) is 14.2. The zero-order valence-corrected chi connectivity index (χ0v) is 15.0. The molecule has 0 aliphatic carbocycles. The second kappa shape index (κ2) is 9.91. The number of alkyl halides is 2. The number of benzene rings is 2. The summed E-state index contributed by atoms with van der Waals surface area (Å²) in [6, 6.07) is 13.2. The highest BCUT2D eigenvalue weighted by Gasteiger charge is 2.12. The molecule has 2 rings (SSSR count). The van der Waals surface area contributed by atoms with Gasteiger partial charge < -0.3 is 10.1 Å². The average molecular weight is 379 g/mol. The Labute approximate surface area is 154 Å². The van der Waals surface area contributed by atoms with E-state index in [1.165, 1.54) is 6.07 Å². The van der Waals surface area contributed by atoms with Gasteiger partial charge in [0, 0.05) is 23.3 Å². The summed E-state index contributed by atoms with van der Waals surface area (Å²) in [5.41, 5.74) is 0.911. The van der Waals surface area contributed by atoms with Crippen LogP contribution in [0.1, 0.15) is 29.6 Å². The molecule has 0 spiro atoms. The van der Waals surface area contributed by atoms with Crippen molar-refractivity contribution in [3.8, 4) is 5.75 Å². The van der Waals surface area contributed by atoms with E-state index in [1.54, 1.807) is 49.6 Å². The molecule has 0 aliphatic rings. The van der Waals surface area contributed by atoms with E-state index < -0.39 is 5.76 Å². The van der Waals surface area contributed by atoms with Gasteiger partial charge in [0.15, 0.2) is 5.78 Å². The summed E-state index contributed by atoms with van der Waals surface area (Å²) in [4.78, 5) is 24.4. The van der Waals surface area contributed by atoms with Gasteiger partial charge >= 0.3 is 0 Å². The summed E-state index contributed by atoms with van der Waals surface area (Å²) in [5, 5.41) is 2.62. The van der Waals surface area contributed by atoms with E-state index in [0.717, 1.165) is 0 Å². The molecule has 1 amide bonds. The zero-order chi connectivity index (χ0) is 18.9. The number of hydrogen-bond acceptors (Lipinski definition) is 4. The van der Waals surface area contributed by atoms with Crippen LogP contribution in [0, 0.1) is 0 Å². The highest BCUT2D eigenvalue weighted by Crippen LogP contribution is 2.31. The number of carbonyl (C=O) groups is 2. The number of carbonyl (C=O) groups excluding carboxylic acids is 2. The van der Waals surface area contributed by atoms with Crippen LogP contribution in [-0.4, -0.2) is 24.6 Å². The summed E-state index contributed by atoms with van der Waals surface area (Å²) in [6.07, 6.45) is 0.740. The van der Waals surface area contributed by atoms with E-state index in [-0.39, 0.29) is 24.5 Å². The lowest BCUT2D eigenvalue weighted by Crippen LogP contribution is -2.12. The van der Waals surface area contributed by atoms with Crippen LogP contribution in [0.25, 0.3) is 0 Å². The molecule has 2 aromatic carbocycles. The Morgan fingerprint density at radius 3 is 2.42 bits per heavy atom. The van der Waals surface area contributed by atoms with Gasteiger partial charge in [-0.05, 0) is 42.8 Å². The van der Waals surface area contributed by atoms with Gasteiger partial charge in [-0.25, -0.2) is 0 Å². The van der Waals surface area contributed by atoms with Crippen LogP contribution in [0.15, 0.2) is 53.4 Å². The first-order valence-electron chi connectivity index (χ1n) is 8.00. The van der Waals surface area contributed by atoms with E-state index >= 15 is 0 Å². The Kier molecular flexibility index (Phi) is 7.59. The number of Topliss-reactive ketones (excluding diaryl/α,β-unsaturated/α-hetero) is 1. The van der Waals surface area contributed by atoms with Crippen LogP contribution in [0.5, 0.6) is 5.75 Å². The summed E-state index contributed by atoms with van der Waals surface area (Å²) >= 11 is 0.384. The summed E-state index contributed by atoms with van der Waals surface area (Å²) in [7, 11) is 1.55. The van der Waals surface area contributed by atoms with Crippen molar-refractivity contribution in [2.75, 3.05) is 12.4 Å². The lowest BCUT2D eigenvalue weighted by molar-refractivity contribution is -0.116. The molecule has 2 aromatic rings. The predicted molar refractivity (Wildman–Crippen MR) is 98.1 cm³/mol. The highest BCUT2D eigenvalue weighted by molar-refractivity contribution is 7.99. The molecule has 0 saturated carbocycles. The van der Waals surface area contributed by atoms with Gasteiger partial charge in [-0.3, -0.25) is 9.59 Å². The van der Waals surface area contributed by atoms with Gasteiger partial charge in [0.1, 0.15) is 5.75 Å². The Balaban J connectivity index is 1.82. The largest absolute Gasteiger partial charge is 0.497 e. The molecule has 7 heteroatoms. The maximum absolute atomic E-state index is 12.5. The Morgan fingerprint density at radius 2 is 1.77 bits per heavy atom. The van der Waals surface area contributed by atoms with E-state index in [1.807, 2.05) is 0 Å². The summed E-state index contributed by atoms with van der Waals surface area (Å²) in [5.74, 6) is -2.26. The second-order valence-electron chi connectivity index (χ2n) is 5.43. The number of rotatable bonds is 9. The fourth-order valence-corrected chi connectivity index (χ4v) is 2.91. The Bertz CT molecular complexity index is 751. The molecule has 26 heavy (non-hydrogen) atoms. The fraction of sp³-hybridized carbons (Fsp3) is 0.263. The number of ether oxygens (including phenoxy) is 1. The van der Waals surface area contributed by atoms with Crippen molar-refractivity contribution in [2.45, 2.75) is 29.9 Å². The minimum atomic E-state index is -2.56. The lowest BCUT2D eigenvalue weighted by atomic mass is 10.1. The number of amides is 1. The number of thioether (sulfide) groups is 1. The van der Waals surface area contributed by atoms with Gasteiger partial charge in [0.2, 0.25) is 5.91 Å². The molecular formula is C19H19F2NO3S. The molecule has 0 heterocycles. The maximum Gasteiger partial charge on any atom is 0.288 e. The van der Waals surface area contributed by atoms with Crippen LogP contribution < -0.4 is 10.1 Å². The first-order valence-corrected chi connectivity index (χ1v) is 8.88. The molecule has 0 saturated heterocycles. The SMILES string of the molecule is COc1ccc(C(=O)CCCC(=O)Nc2ccccc2SC(F)F)cc1. The smallest absolute Gasteiger partial charge is 0.288 e. The molecule has 0 aromatic heterocycles. The maximum atomic E-state index is 12.5. The normalized spacial score (nSPS) is 10.6. The molecule has 4 nitrogen and oxygen atoms in total. The van der Waals surface area contributed by atoms with Crippen LogP contribution >= 0.6 is 11.8 Å². The number of anilines is 1. The van der Waals surface area contributed by atoms with Gasteiger partial charge in [-0.15, -0.1) is 0 Å². The van der Waals surface area contributed by atoms with E-state index in [4.69, 9.17) is 4.74 Å². The second-order valence-corrected chi connectivity index (χ2v) is 6.46. The first-order chi connectivity index (χ1) is 12.5. The molecule has 1 N–H and O–H groups in total. The van der Waals surface area contributed by atoms with Gasteiger partial charge in [0.25, 0.3) is 5.76 Å². The van der Waals surface area contributed by atoms with E-state index in [2.05, 4.69) is 5.32 Å². The third kappa shape index (κ3) is 6.15. The molecule has 138 valence electrons. The van der Waals surface area contributed by atoms with Gasteiger partial charge in [-0.2, -0.15) is 8.78 Å². The third-order valence-electron chi connectivity index (χ3n) is 3.60. The number of methoxy groups -OCH3 is 1. The first kappa shape index (κ1) is 19.9. The molecule has 0 aliphatic heterocycles. The monoisotopic (exact) mass is 379 g/mol. The predicted octanol–water partition coefficient (Wildman–Crippen LogP) is 5.00. The van der Waals surface area contributed by atoms with E-state index in [9.17, 15) is 18.4 Å². The standard InChI is InChI=1S/C19H19F2NO3S/c1-25-14-11-9-13(10-12-14)16(23)6-4-8-18(24)22-15-5-2-3-7-17(15)26-19(20)21/h2-3,5,7,9-12,19H,4,6,8H2,1H3,(H,22,24). The van der Waals surface area contributed by atoms with Crippen LogP contribution in [0.4, 0.5) is 14.5 Å². The van der Waals surface area contributed by atoms with Crippen LogP contribution in [0.3, 0.4) is 0 Å². The molecule has 0 atom stereocenters.